The molecule has 6 aromatic carbocycles. The Bertz CT molecular complexity index is 7150. The number of hydrogen-bond donors (Lipinski definition) is 10. The van der Waals surface area contributed by atoms with Crippen molar-refractivity contribution in [2.45, 2.75) is 129 Å². The van der Waals surface area contributed by atoms with Crippen molar-refractivity contribution in [2.24, 2.45) is 0 Å². The summed E-state index contributed by atoms with van der Waals surface area (Å²) in [7, 11) is 0. The molecule has 5 saturated heterocycles. The largest absolute Gasteiger partial charge is 0.367 e. The Morgan fingerprint density at radius 3 is 1.26 bits per heavy atom. The fourth-order valence-electron chi connectivity index (χ4n) is 20.4. The number of aromatic nitrogens is 9. The topological polar surface area (TPSA) is 328 Å². The van der Waals surface area contributed by atoms with Crippen LogP contribution in [0.2, 0.25) is 20.1 Å². The van der Waals surface area contributed by atoms with Gasteiger partial charge in [-0.15, -0.1) is 0 Å². The molecular formula is C114H127Cl4F2N23O6. The smallest absolute Gasteiger partial charge is 0.257 e. The predicted molar refractivity (Wildman–Crippen MR) is 593 cm³/mol. The maximum absolute atomic E-state index is 14.8. The van der Waals surface area contributed by atoms with Crippen LogP contribution in [0, 0.1) is 11.6 Å². The number of anilines is 6. The van der Waals surface area contributed by atoms with Gasteiger partial charge in [0.25, 0.3) is 5.91 Å². The summed E-state index contributed by atoms with van der Waals surface area (Å²) in [6, 6.07) is 56.7. The van der Waals surface area contributed by atoms with Crippen molar-refractivity contribution in [1.82, 2.24) is 85.7 Å². The zero-order valence-electron chi connectivity index (χ0n) is 85.1. The van der Waals surface area contributed by atoms with Crippen LogP contribution in [-0.4, -0.2) is 254 Å². The van der Waals surface area contributed by atoms with Gasteiger partial charge < -0.3 is 91.0 Å². The van der Waals surface area contributed by atoms with Gasteiger partial charge in [-0.3, -0.25) is 33.8 Å². The molecule has 6 amide bonds. The van der Waals surface area contributed by atoms with E-state index in [1.54, 1.807) is 73.6 Å². The second-order valence-corrected chi connectivity index (χ2v) is 41.5. The van der Waals surface area contributed by atoms with Crippen LogP contribution in [-0.2, 0) is 24.0 Å². The first kappa shape index (κ1) is 106. The fraction of sp³-hybridized carbons (Fsp3) is 0.342. The molecule has 20 rings (SSSR count). The van der Waals surface area contributed by atoms with E-state index < -0.39 is 11.7 Å². The summed E-state index contributed by atoms with van der Waals surface area (Å²) in [5.74, 6) is -2.09. The van der Waals surface area contributed by atoms with Gasteiger partial charge in [0.2, 0.25) is 29.5 Å². The molecule has 5 atom stereocenters. The average Bonchev–Trinajstić information content (AvgIpc) is 1.74. The van der Waals surface area contributed by atoms with Gasteiger partial charge in [-0.25, -0.2) is 28.7 Å². The molecule has 0 aliphatic carbocycles. The van der Waals surface area contributed by atoms with Crippen molar-refractivity contribution in [3.63, 3.8) is 0 Å². The number of piperazine rings is 4. The number of halogens is 6. The van der Waals surface area contributed by atoms with Crippen molar-refractivity contribution in [1.29, 1.82) is 0 Å². The van der Waals surface area contributed by atoms with E-state index in [0.29, 0.717) is 173 Å². The minimum atomic E-state index is -0.490. The van der Waals surface area contributed by atoms with Crippen LogP contribution in [0.15, 0.2) is 244 Å². The number of H-pyrrole nitrogens is 4. The Balaban J connectivity index is 0.000000136. The normalized spacial score (nSPS) is 16.2. The Labute approximate surface area is 886 Å². The van der Waals surface area contributed by atoms with Crippen LogP contribution >= 0.6 is 46.4 Å². The van der Waals surface area contributed by atoms with E-state index in [-0.39, 0.29) is 93.7 Å². The molecule has 10 N–H and O–H groups in total. The van der Waals surface area contributed by atoms with E-state index >= 15 is 0 Å². The van der Waals surface area contributed by atoms with Crippen molar-refractivity contribution in [2.75, 3.05) is 155 Å². The van der Waals surface area contributed by atoms with Crippen molar-refractivity contribution in [3.05, 3.63) is 304 Å². The Kier molecular flexibility index (Phi) is 34.7. The summed E-state index contributed by atoms with van der Waals surface area (Å²) in [4.78, 5) is 131. The highest BCUT2D eigenvalue weighted by Crippen LogP contribution is 2.44. The highest BCUT2D eigenvalue weighted by Gasteiger charge is 2.43. The molecule has 15 aromatic rings. The molecule has 5 aliphatic heterocycles. The zero-order valence-corrected chi connectivity index (χ0v) is 88.1. The molecular weight excluding hydrogens is 1970 g/mol. The lowest BCUT2D eigenvalue weighted by Gasteiger charge is -2.39. The third-order valence-corrected chi connectivity index (χ3v) is 29.2. The number of carbonyl (C=O) groups is 6. The SMILES string of the molecule is CC(=O)Nc1c[nH]c2nccc(N3CCN(C(=O)[C@H](CNC(C)C)c4ccc(Cl)cc4)CC3)c12.CC(C)NC[C@@H](C(=O)N1CCN(c2c(-c3ccccc3F)cnc3[nH]ccc23)CC1)c1ccc(Cl)cc1.CC(C)NC[C@@H](C(=O)N1CCN(c2ccnc3[nH]cc(NC(=O)c4cccnc4)c23)CC1)c1ccc(Cl)cc1.CC1(C)CC[C@@H]([C@@H](C(=O)N2CCN(c3c(-c4ccccc4)cnc4[nH]ccc34)CC2)c2ccc(Cl)c(F)c2)N1. The van der Waals surface area contributed by atoms with Crippen molar-refractivity contribution in [3.8, 4) is 22.3 Å². The number of fused-ring (bicyclic) bond motifs is 4. The van der Waals surface area contributed by atoms with Gasteiger partial charge in [0, 0.05) is 265 Å². The molecule has 0 spiro atoms. The average molecular weight is 2100 g/mol. The molecule has 149 heavy (non-hydrogen) atoms. The Morgan fingerprint density at radius 2 is 0.839 bits per heavy atom. The standard InChI is InChI=1S/C31H33ClFN5O.C29H31ClFN5O.C29H32ClN7O2.C25H31ClN6O2/c1-31(2)12-10-26(36-31)27(21-8-9-24(32)25(33)18-21)30(39)38-16-14-37(15-17-38)28-22-11-13-34-29(22)35-19-23(28)20-6-4-3-5-7-20;1-19(2)33-17-24(20-7-9-21(30)10-8-20)29(37)36-15-13-35(14-16-36)27-23-11-12-32-28(23)34-18-25(27)22-5-3-4-6-26(22)31;1-19(2)33-17-23(20-5-7-22(30)8-6-20)29(39)37-14-12-36(13-15-37)25-9-11-32-27-26(25)24(18-34-27)35-28(38)21-4-3-10-31-16-21;1-16(2)28-14-20(18-4-6-19(26)7-5-18)25(34)32-12-10-31(11-13-32)22-8-9-27-24-23(22)21(15-29-24)30-17(3)33/h3-9,11,13,18-19,26-27,36H,10,12,14-17H2,1-2H3,(H,34,35);3-12,18-19,24,33H,13-17H2,1-2H3,(H,32,34);3-11,16,18-19,23,33H,12-15,17H2,1-2H3,(H,32,34)(H,35,38);4-9,15-16,20,28H,10-14H2,1-3H3,(H,27,29)(H,30,33)/t26-,27-;24-;23-;20-/m0111/s1. The summed E-state index contributed by atoms with van der Waals surface area (Å²) in [5.41, 5.74) is 15.9. The number of carbonyl (C=O) groups excluding carboxylic acids is 6. The van der Waals surface area contributed by atoms with E-state index in [2.05, 4.69) is 170 Å². The van der Waals surface area contributed by atoms with Crippen LogP contribution < -0.4 is 51.5 Å². The van der Waals surface area contributed by atoms with E-state index in [1.807, 2.05) is 153 Å². The van der Waals surface area contributed by atoms with Gasteiger partial charge in [-0.1, -0.05) is 179 Å². The summed E-state index contributed by atoms with van der Waals surface area (Å²) in [6.45, 7) is 30.1. The van der Waals surface area contributed by atoms with Gasteiger partial charge in [0.1, 0.15) is 34.2 Å². The first-order valence-electron chi connectivity index (χ1n) is 50.9. The first-order chi connectivity index (χ1) is 72.0. The predicted octanol–water partition coefficient (Wildman–Crippen LogP) is 19.3. The summed E-state index contributed by atoms with van der Waals surface area (Å²) in [5, 5.41) is 25.5. The van der Waals surface area contributed by atoms with E-state index in [0.717, 1.165) is 107 Å². The summed E-state index contributed by atoms with van der Waals surface area (Å²) >= 11 is 24.3. The lowest BCUT2D eigenvalue weighted by molar-refractivity contribution is -0.134. The quantitative estimate of drug-likeness (QED) is 0.0229. The Morgan fingerprint density at radius 1 is 0.416 bits per heavy atom. The third kappa shape index (κ3) is 25.6. The zero-order chi connectivity index (χ0) is 105. The fourth-order valence-corrected chi connectivity index (χ4v) is 20.9. The number of nitrogens with zero attached hydrogens (tertiary/aromatic N) is 13. The molecule has 0 radical (unpaired) electrons. The lowest BCUT2D eigenvalue weighted by Crippen LogP contribution is -2.53. The van der Waals surface area contributed by atoms with Crippen molar-refractivity contribution < 1.29 is 37.5 Å². The van der Waals surface area contributed by atoms with E-state index in [1.165, 1.54) is 25.3 Å². The van der Waals surface area contributed by atoms with Gasteiger partial charge in [-0.05, 0) is 146 Å². The van der Waals surface area contributed by atoms with Gasteiger partial charge in [0.05, 0.1) is 79.2 Å². The summed E-state index contributed by atoms with van der Waals surface area (Å²) < 4.78 is 29.3. The van der Waals surface area contributed by atoms with Crippen LogP contribution in [0.3, 0.4) is 0 Å². The molecule has 0 saturated carbocycles. The molecule has 5 fully saturated rings. The number of rotatable bonds is 27. The molecule has 9 aromatic heterocycles. The maximum atomic E-state index is 14.8. The third-order valence-electron chi connectivity index (χ3n) is 28.2. The van der Waals surface area contributed by atoms with Crippen LogP contribution in [0.25, 0.3) is 66.4 Å². The number of pyridine rings is 5. The van der Waals surface area contributed by atoms with Gasteiger partial charge in [-0.2, -0.15) is 0 Å². The minimum Gasteiger partial charge on any atom is -0.367 e. The number of amides is 6. The lowest BCUT2D eigenvalue weighted by atomic mass is 9.88. The monoisotopic (exact) mass is 2090 g/mol. The van der Waals surface area contributed by atoms with Crippen LogP contribution in [0.1, 0.15) is 131 Å². The highest BCUT2D eigenvalue weighted by molar-refractivity contribution is 6.31. The van der Waals surface area contributed by atoms with Gasteiger partial charge in [0.15, 0.2) is 0 Å². The second-order valence-electron chi connectivity index (χ2n) is 39.8. The number of aromatic amines is 4. The molecule has 0 unspecified atom stereocenters. The molecule has 14 heterocycles. The molecule has 29 nitrogen and oxygen atoms in total. The molecule has 776 valence electrons. The molecule has 0 bridgehead atoms. The number of benzene rings is 6. The van der Waals surface area contributed by atoms with E-state index in [4.69, 9.17) is 46.4 Å². The maximum Gasteiger partial charge on any atom is 0.257 e. The molecule has 35 heteroatoms. The Hall–Kier alpha value is -13.9. The minimum absolute atomic E-state index is 0.0383. The number of hydrogen-bond acceptors (Lipinski definition) is 19. The summed E-state index contributed by atoms with van der Waals surface area (Å²) in [6.07, 6.45) is 19.5. The van der Waals surface area contributed by atoms with E-state index in [9.17, 15) is 37.5 Å². The highest BCUT2D eigenvalue weighted by atomic mass is 35.5. The van der Waals surface area contributed by atoms with Crippen LogP contribution in [0.4, 0.5) is 42.9 Å². The second kappa shape index (κ2) is 48.6. The number of nitrogens with one attached hydrogen (secondary N) is 10. The van der Waals surface area contributed by atoms with Crippen LogP contribution in [0.5, 0.6) is 0 Å². The molecule has 5 aliphatic rings. The van der Waals surface area contributed by atoms with Gasteiger partial charge >= 0.3 is 0 Å². The first-order valence-corrected chi connectivity index (χ1v) is 52.5. The van der Waals surface area contributed by atoms with Crippen molar-refractivity contribution >= 4 is 160 Å².